The van der Waals surface area contributed by atoms with Gasteiger partial charge in [0.05, 0.1) is 6.04 Å². The number of Topliss-reactive ketones (excluding diaryl/α,β-unsaturated/α-hetero) is 1. The second-order valence-corrected chi connectivity index (χ2v) is 4.91. The normalized spacial score (nSPS) is 19.9. The molecular weight excluding hydrogens is 212 g/mol. The Labute approximate surface area is 100 Å². The van der Waals surface area contributed by atoms with Gasteiger partial charge in [-0.25, -0.2) is 0 Å². The Bertz CT molecular complexity index is 583. The monoisotopic (exact) mass is 228 g/mol. The Morgan fingerprint density at radius 1 is 1.29 bits per heavy atom. The van der Waals surface area contributed by atoms with Crippen molar-refractivity contribution in [2.75, 3.05) is 14.1 Å². The largest absolute Gasteiger partial charge is 0.358 e. The van der Waals surface area contributed by atoms with Crippen molar-refractivity contribution in [1.29, 1.82) is 0 Å². The third-order valence-corrected chi connectivity index (χ3v) is 3.62. The number of benzene rings is 1. The minimum Gasteiger partial charge on any atom is -0.358 e. The zero-order valence-electron chi connectivity index (χ0n) is 10.2. The predicted octanol–water partition coefficient (Wildman–Crippen LogP) is 2.23. The Morgan fingerprint density at radius 3 is 2.82 bits per heavy atom. The number of rotatable bonds is 1. The van der Waals surface area contributed by atoms with E-state index in [0.717, 1.165) is 35.0 Å². The van der Waals surface area contributed by atoms with E-state index in [0.29, 0.717) is 0 Å². The molecule has 88 valence electrons. The zero-order valence-corrected chi connectivity index (χ0v) is 10.2. The third kappa shape index (κ3) is 1.50. The van der Waals surface area contributed by atoms with Gasteiger partial charge in [0.2, 0.25) is 0 Å². The summed E-state index contributed by atoms with van der Waals surface area (Å²) in [6, 6.07) is 8.08. The number of aryl methyl sites for hydroxylation is 1. The van der Waals surface area contributed by atoms with Gasteiger partial charge in [-0.2, -0.15) is 0 Å². The molecule has 17 heavy (non-hydrogen) atoms. The van der Waals surface area contributed by atoms with Gasteiger partial charge in [-0.3, -0.25) is 9.69 Å². The van der Waals surface area contributed by atoms with E-state index in [2.05, 4.69) is 4.98 Å². The summed E-state index contributed by atoms with van der Waals surface area (Å²) in [4.78, 5) is 17.9. The van der Waals surface area contributed by atoms with Crippen LogP contribution >= 0.6 is 0 Å². The molecule has 0 aliphatic heterocycles. The second-order valence-electron chi connectivity index (χ2n) is 4.91. The maximum absolute atomic E-state index is 12.5. The summed E-state index contributed by atoms with van der Waals surface area (Å²) in [5.41, 5.74) is 3.09. The first-order valence-corrected chi connectivity index (χ1v) is 5.98. The lowest BCUT2D eigenvalue weighted by atomic mass is 9.89. The van der Waals surface area contributed by atoms with Gasteiger partial charge in [0.25, 0.3) is 0 Å². The van der Waals surface area contributed by atoms with E-state index in [-0.39, 0.29) is 11.8 Å². The van der Waals surface area contributed by atoms with Crippen LogP contribution in [0.3, 0.4) is 0 Å². The van der Waals surface area contributed by atoms with Gasteiger partial charge < -0.3 is 4.98 Å². The molecule has 1 aromatic heterocycles. The highest BCUT2D eigenvalue weighted by Gasteiger charge is 2.31. The predicted molar refractivity (Wildman–Crippen MR) is 68.4 cm³/mol. The van der Waals surface area contributed by atoms with Crippen LogP contribution in [0.5, 0.6) is 0 Å². The molecule has 1 N–H and O–H groups in total. The van der Waals surface area contributed by atoms with Crippen LogP contribution in [0.1, 0.15) is 22.5 Å². The molecule has 0 saturated carbocycles. The molecule has 2 aromatic rings. The topological polar surface area (TPSA) is 36.1 Å². The SMILES string of the molecule is CN(C)C1CCc2[nH]c3ccccc3c2C1=O. The van der Waals surface area contributed by atoms with Crippen molar-refractivity contribution in [3.63, 3.8) is 0 Å². The van der Waals surface area contributed by atoms with Crippen LogP contribution in [0.15, 0.2) is 24.3 Å². The van der Waals surface area contributed by atoms with Crippen molar-refractivity contribution in [3.8, 4) is 0 Å². The average molecular weight is 228 g/mol. The van der Waals surface area contributed by atoms with Crippen molar-refractivity contribution in [1.82, 2.24) is 9.88 Å². The van der Waals surface area contributed by atoms with E-state index >= 15 is 0 Å². The van der Waals surface area contributed by atoms with Crippen LogP contribution < -0.4 is 0 Å². The first-order chi connectivity index (χ1) is 8.18. The van der Waals surface area contributed by atoms with Crippen LogP contribution in [0.2, 0.25) is 0 Å². The van der Waals surface area contributed by atoms with Gasteiger partial charge in [0.15, 0.2) is 5.78 Å². The molecular formula is C14H16N2O. The van der Waals surface area contributed by atoms with Crippen molar-refractivity contribution < 1.29 is 4.79 Å². The Morgan fingerprint density at radius 2 is 2.06 bits per heavy atom. The Kier molecular flexibility index (Phi) is 2.30. The minimum absolute atomic E-state index is 0.0294. The molecule has 1 heterocycles. The number of ketones is 1. The van der Waals surface area contributed by atoms with Crippen LogP contribution in [-0.2, 0) is 6.42 Å². The maximum Gasteiger partial charge on any atom is 0.182 e. The summed E-state index contributed by atoms with van der Waals surface area (Å²) in [6.07, 6.45) is 1.87. The second kappa shape index (κ2) is 3.70. The van der Waals surface area contributed by atoms with Crippen molar-refractivity contribution in [2.24, 2.45) is 0 Å². The van der Waals surface area contributed by atoms with Gasteiger partial charge in [-0.15, -0.1) is 0 Å². The molecule has 3 rings (SSSR count). The molecule has 1 aliphatic carbocycles. The molecule has 0 saturated heterocycles. The quantitative estimate of drug-likeness (QED) is 0.812. The molecule has 1 aliphatic rings. The number of fused-ring (bicyclic) bond motifs is 3. The molecule has 1 atom stereocenters. The average Bonchev–Trinajstić information content (AvgIpc) is 2.67. The van der Waals surface area contributed by atoms with E-state index in [1.807, 2.05) is 43.3 Å². The molecule has 0 radical (unpaired) electrons. The molecule has 0 fully saturated rings. The van der Waals surface area contributed by atoms with Crippen LogP contribution in [0.25, 0.3) is 10.9 Å². The molecule has 3 heteroatoms. The van der Waals surface area contributed by atoms with Crippen LogP contribution in [0.4, 0.5) is 0 Å². The fourth-order valence-corrected chi connectivity index (χ4v) is 2.74. The minimum atomic E-state index is 0.0294. The number of carbonyl (C=O) groups excluding carboxylic acids is 1. The van der Waals surface area contributed by atoms with Gasteiger partial charge in [0.1, 0.15) is 0 Å². The van der Waals surface area contributed by atoms with Gasteiger partial charge in [0, 0.05) is 22.2 Å². The first-order valence-electron chi connectivity index (χ1n) is 5.98. The standard InChI is InChI=1S/C14H16N2O/c1-16(2)12-8-7-11-13(14(12)17)9-5-3-4-6-10(9)15-11/h3-6,12,15H,7-8H2,1-2H3. The maximum atomic E-state index is 12.5. The number of H-pyrrole nitrogens is 1. The van der Waals surface area contributed by atoms with E-state index in [9.17, 15) is 4.79 Å². The molecule has 1 aromatic carbocycles. The summed E-state index contributed by atoms with van der Waals surface area (Å²) >= 11 is 0. The molecule has 1 unspecified atom stereocenters. The molecule has 3 nitrogen and oxygen atoms in total. The van der Waals surface area contributed by atoms with E-state index in [4.69, 9.17) is 0 Å². The van der Waals surface area contributed by atoms with Gasteiger partial charge in [-0.1, -0.05) is 18.2 Å². The van der Waals surface area contributed by atoms with Gasteiger partial charge >= 0.3 is 0 Å². The fraction of sp³-hybridized carbons (Fsp3) is 0.357. The number of nitrogens with one attached hydrogen (secondary N) is 1. The summed E-state index contributed by atoms with van der Waals surface area (Å²) in [7, 11) is 3.95. The highest BCUT2D eigenvalue weighted by molar-refractivity contribution is 6.12. The number of hydrogen-bond acceptors (Lipinski definition) is 2. The lowest BCUT2D eigenvalue weighted by molar-refractivity contribution is 0.0855. The number of carbonyl (C=O) groups is 1. The van der Waals surface area contributed by atoms with Crippen molar-refractivity contribution in [3.05, 3.63) is 35.5 Å². The Hall–Kier alpha value is -1.61. The number of likely N-dealkylation sites (N-methyl/N-ethyl adjacent to an activating group) is 1. The smallest absolute Gasteiger partial charge is 0.182 e. The summed E-state index contributed by atoms with van der Waals surface area (Å²) in [6.45, 7) is 0. The van der Waals surface area contributed by atoms with Crippen LogP contribution in [-0.4, -0.2) is 35.8 Å². The molecule has 0 bridgehead atoms. The number of aromatic amines is 1. The summed E-state index contributed by atoms with van der Waals surface area (Å²) in [5, 5.41) is 1.07. The summed E-state index contributed by atoms with van der Waals surface area (Å²) < 4.78 is 0. The number of aromatic nitrogens is 1. The van der Waals surface area contributed by atoms with Gasteiger partial charge in [-0.05, 0) is 33.0 Å². The fourth-order valence-electron chi connectivity index (χ4n) is 2.74. The van der Waals surface area contributed by atoms with E-state index < -0.39 is 0 Å². The number of nitrogens with zero attached hydrogens (tertiary/aromatic N) is 1. The highest BCUT2D eigenvalue weighted by Crippen LogP contribution is 2.30. The summed E-state index contributed by atoms with van der Waals surface area (Å²) in [5.74, 6) is 0.258. The number of hydrogen-bond donors (Lipinski definition) is 1. The lowest BCUT2D eigenvalue weighted by Crippen LogP contribution is -2.39. The first kappa shape index (κ1) is 10.5. The third-order valence-electron chi connectivity index (χ3n) is 3.62. The van der Waals surface area contributed by atoms with Crippen molar-refractivity contribution in [2.45, 2.75) is 18.9 Å². The molecule has 0 spiro atoms. The van der Waals surface area contributed by atoms with E-state index in [1.54, 1.807) is 0 Å². The van der Waals surface area contributed by atoms with Crippen LogP contribution in [0, 0.1) is 0 Å². The Balaban J connectivity index is 2.19. The lowest BCUT2D eigenvalue weighted by Gasteiger charge is -2.26. The molecule has 0 amide bonds. The number of para-hydroxylation sites is 1. The zero-order chi connectivity index (χ0) is 12.0. The highest BCUT2D eigenvalue weighted by atomic mass is 16.1. The van der Waals surface area contributed by atoms with E-state index in [1.165, 1.54) is 0 Å². The van der Waals surface area contributed by atoms with Crippen molar-refractivity contribution >= 4 is 16.7 Å².